The van der Waals surface area contributed by atoms with Gasteiger partial charge >= 0.3 is 6.18 Å². The van der Waals surface area contributed by atoms with Crippen LogP contribution in [0.15, 0.2) is 18.3 Å². The van der Waals surface area contributed by atoms with Crippen LogP contribution in [0.3, 0.4) is 0 Å². The zero-order valence-corrected chi connectivity index (χ0v) is 15.7. The Labute approximate surface area is 164 Å². The molecule has 1 unspecified atom stereocenters. The molecule has 2 saturated heterocycles. The molecule has 0 radical (unpaired) electrons. The normalized spacial score (nSPS) is 29.1. The SMILES string of the molecule is COc1ccc2ncc(F)c(CC(O)(C(F)(F)F)C34CCC(N)(CC3)CO4)c2n1. The van der Waals surface area contributed by atoms with Gasteiger partial charge in [0.25, 0.3) is 0 Å². The average Bonchev–Trinajstić information content (AvgIpc) is 2.69. The van der Waals surface area contributed by atoms with Crippen molar-refractivity contribution in [3.63, 3.8) is 0 Å². The van der Waals surface area contributed by atoms with Gasteiger partial charge in [0.05, 0.1) is 30.9 Å². The molecular formula is C19H21F4N3O3. The van der Waals surface area contributed by atoms with E-state index >= 15 is 0 Å². The number of methoxy groups -OCH3 is 1. The standard InChI is InChI=1S/C19H21F4N3O3/c1-28-14-3-2-13-15(26-14)11(12(20)9-25-13)8-18(27,19(21,22)23)17-6-4-16(24,5-7-17)10-29-17/h2-3,9,27H,4-8,10,24H2,1H3. The van der Waals surface area contributed by atoms with E-state index in [1.54, 1.807) is 0 Å². The fourth-order valence-electron chi connectivity index (χ4n) is 4.39. The monoisotopic (exact) mass is 415 g/mol. The molecule has 0 spiro atoms. The molecule has 1 atom stereocenters. The molecule has 2 aliphatic heterocycles. The Bertz CT molecular complexity index is 928. The van der Waals surface area contributed by atoms with Gasteiger partial charge in [0, 0.05) is 23.6 Å². The first kappa shape index (κ1) is 20.2. The third-order valence-electron chi connectivity index (χ3n) is 6.29. The second kappa shape index (κ2) is 6.48. The Morgan fingerprint density at radius 2 is 1.93 bits per heavy atom. The first-order valence-electron chi connectivity index (χ1n) is 9.23. The summed E-state index contributed by atoms with van der Waals surface area (Å²) in [6.07, 6.45) is -4.86. The van der Waals surface area contributed by atoms with Crippen molar-refractivity contribution in [2.45, 2.75) is 55.0 Å². The maximum atomic E-state index is 14.7. The number of alkyl halides is 3. The lowest BCUT2D eigenvalue weighted by Gasteiger charge is -2.57. The van der Waals surface area contributed by atoms with E-state index in [1.165, 1.54) is 19.2 Å². The van der Waals surface area contributed by atoms with Gasteiger partial charge in [-0.05, 0) is 31.7 Å². The Hall–Kier alpha value is -2.04. The number of nitrogens with two attached hydrogens (primary N) is 1. The smallest absolute Gasteiger partial charge is 0.420 e. The zero-order chi connectivity index (χ0) is 21.1. The van der Waals surface area contributed by atoms with Crippen LogP contribution in [0, 0.1) is 5.82 Å². The predicted octanol–water partition coefficient (Wildman–Crippen LogP) is 2.65. The van der Waals surface area contributed by atoms with Crippen molar-refractivity contribution >= 4 is 11.0 Å². The lowest BCUT2D eigenvalue weighted by Crippen LogP contribution is -2.72. The van der Waals surface area contributed by atoms with E-state index in [4.69, 9.17) is 15.2 Å². The lowest BCUT2D eigenvalue weighted by atomic mass is 9.63. The summed E-state index contributed by atoms with van der Waals surface area (Å²) in [5.41, 5.74) is -0.0741. The van der Waals surface area contributed by atoms with Crippen LogP contribution >= 0.6 is 0 Å². The summed E-state index contributed by atoms with van der Waals surface area (Å²) < 4.78 is 68.0. The van der Waals surface area contributed by atoms with E-state index in [0.29, 0.717) is 0 Å². The summed E-state index contributed by atoms with van der Waals surface area (Å²) in [7, 11) is 1.34. The number of pyridine rings is 2. The maximum absolute atomic E-state index is 14.7. The van der Waals surface area contributed by atoms with Gasteiger partial charge in [-0.2, -0.15) is 13.2 Å². The molecule has 5 rings (SSSR count). The minimum absolute atomic E-state index is 0.0686. The van der Waals surface area contributed by atoms with Crippen molar-refractivity contribution < 1.29 is 32.1 Å². The van der Waals surface area contributed by atoms with Gasteiger partial charge in [0.1, 0.15) is 11.4 Å². The molecule has 1 aliphatic carbocycles. The van der Waals surface area contributed by atoms with Crippen LogP contribution in [0.5, 0.6) is 5.88 Å². The Morgan fingerprint density at radius 1 is 1.24 bits per heavy atom. The van der Waals surface area contributed by atoms with E-state index in [1.807, 2.05) is 0 Å². The van der Waals surface area contributed by atoms with Gasteiger partial charge in [0.2, 0.25) is 5.88 Å². The molecule has 2 aromatic heterocycles. The molecule has 0 amide bonds. The fraction of sp³-hybridized carbons (Fsp3) is 0.579. The highest BCUT2D eigenvalue weighted by Gasteiger charge is 2.70. The number of halogens is 4. The van der Waals surface area contributed by atoms with Crippen LogP contribution in [0.2, 0.25) is 0 Å². The minimum Gasteiger partial charge on any atom is -0.481 e. The van der Waals surface area contributed by atoms with Gasteiger partial charge in [0.15, 0.2) is 5.60 Å². The Morgan fingerprint density at radius 3 is 2.48 bits per heavy atom. The lowest BCUT2D eigenvalue weighted by molar-refractivity contribution is -0.348. The number of hydrogen-bond acceptors (Lipinski definition) is 6. The van der Waals surface area contributed by atoms with Crippen molar-refractivity contribution in [2.24, 2.45) is 5.73 Å². The van der Waals surface area contributed by atoms with E-state index in [-0.39, 0.29) is 54.8 Å². The van der Waals surface area contributed by atoms with E-state index < -0.39 is 35.2 Å². The summed E-state index contributed by atoms with van der Waals surface area (Å²) in [5.74, 6) is -0.892. The molecule has 3 aliphatic rings. The predicted molar refractivity (Wildman–Crippen MR) is 94.8 cm³/mol. The van der Waals surface area contributed by atoms with Crippen LogP contribution in [-0.2, 0) is 11.2 Å². The number of hydrogen-bond donors (Lipinski definition) is 2. The quantitative estimate of drug-likeness (QED) is 0.747. The van der Waals surface area contributed by atoms with Crippen LogP contribution in [-0.4, -0.2) is 51.7 Å². The highest BCUT2D eigenvalue weighted by Crippen LogP contribution is 2.54. The largest absolute Gasteiger partial charge is 0.481 e. The number of aliphatic hydroxyl groups is 1. The molecule has 0 aromatic carbocycles. The van der Waals surface area contributed by atoms with E-state index in [0.717, 1.165) is 6.20 Å². The first-order chi connectivity index (χ1) is 13.5. The molecule has 1 saturated carbocycles. The molecular weight excluding hydrogens is 394 g/mol. The van der Waals surface area contributed by atoms with Gasteiger partial charge in [-0.25, -0.2) is 9.37 Å². The second-order valence-corrected chi connectivity index (χ2v) is 7.99. The number of aromatic nitrogens is 2. The van der Waals surface area contributed by atoms with Gasteiger partial charge in [-0.1, -0.05) is 0 Å². The fourth-order valence-corrected chi connectivity index (χ4v) is 4.39. The van der Waals surface area contributed by atoms with Crippen molar-refractivity contribution in [3.8, 4) is 5.88 Å². The highest BCUT2D eigenvalue weighted by molar-refractivity contribution is 5.78. The molecule has 3 N–H and O–H groups in total. The number of ether oxygens (including phenoxy) is 2. The molecule has 158 valence electrons. The summed E-state index contributed by atoms with van der Waals surface area (Å²) in [4.78, 5) is 7.94. The van der Waals surface area contributed by atoms with Gasteiger partial charge in [-0.3, -0.25) is 4.98 Å². The number of rotatable bonds is 4. The molecule has 10 heteroatoms. The molecule has 4 heterocycles. The van der Waals surface area contributed by atoms with Gasteiger partial charge in [-0.15, -0.1) is 0 Å². The topological polar surface area (TPSA) is 90.5 Å². The number of fused-ring (bicyclic) bond motifs is 4. The van der Waals surface area contributed by atoms with Crippen molar-refractivity contribution in [1.82, 2.24) is 9.97 Å². The van der Waals surface area contributed by atoms with Crippen molar-refractivity contribution in [1.29, 1.82) is 0 Å². The summed E-state index contributed by atoms with van der Waals surface area (Å²) in [5, 5.41) is 11.1. The maximum Gasteiger partial charge on any atom is 0.420 e. The molecule has 3 fully saturated rings. The second-order valence-electron chi connectivity index (χ2n) is 7.99. The van der Waals surface area contributed by atoms with Crippen molar-refractivity contribution in [3.05, 3.63) is 29.7 Å². The molecule has 6 nitrogen and oxygen atoms in total. The van der Waals surface area contributed by atoms with Crippen molar-refractivity contribution in [2.75, 3.05) is 13.7 Å². The Kier molecular flexibility index (Phi) is 4.52. The summed E-state index contributed by atoms with van der Waals surface area (Å²) >= 11 is 0. The molecule has 29 heavy (non-hydrogen) atoms. The van der Waals surface area contributed by atoms with E-state index in [2.05, 4.69) is 9.97 Å². The highest BCUT2D eigenvalue weighted by atomic mass is 19.4. The molecule has 2 bridgehead atoms. The number of nitrogens with zero attached hydrogens (tertiary/aromatic N) is 2. The third kappa shape index (κ3) is 3.04. The van der Waals surface area contributed by atoms with Crippen LogP contribution in [0.25, 0.3) is 11.0 Å². The van der Waals surface area contributed by atoms with Gasteiger partial charge < -0.3 is 20.3 Å². The summed E-state index contributed by atoms with van der Waals surface area (Å²) in [6.45, 7) is -0.0863. The van der Waals surface area contributed by atoms with Crippen LogP contribution < -0.4 is 10.5 Å². The minimum atomic E-state index is -5.07. The third-order valence-corrected chi connectivity index (χ3v) is 6.29. The average molecular weight is 415 g/mol. The summed E-state index contributed by atoms with van der Waals surface area (Å²) in [6, 6.07) is 2.94. The van der Waals surface area contributed by atoms with Crippen LogP contribution in [0.1, 0.15) is 31.2 Å². The van der Waals surface area contributed by atoms with E-state index in [9.17, 15) is 22.7 Å². The zero-order valence-electron chi connectivity index (χ0n) is 15.7. The van der Waals surface area contributed by atoms with Crippen LogP contribution in [0.4, 0.5) is 17.6 Å². The molecule has 2 aromatic rings. The first-order valence-corrected chi connectivity index (χ1v) is 9.23. The Balaban J connectivity index is 1.84.